The van der Waals surface area contributed by atoms with Crippen LogP contribution in [0.4, 0.5) is 18.0 Å². The van der Waals surface area contributed by atoms with Gasteiger partial charge in [-0.25, -0.2) is 9.69 Å². The first kappa shape index (κ1) is 28.4. The molecule has 2 fully saturated rings. The van der Waals surface area contributed by atoms with Gasteiger partial charge in [0.15, 0.2) is 0 Å². The molecule has 1 aromatic rings. The molecule has 1 aromatic carbocycles. The molecule has 36 heavy (non-hydrogen) atoms. The molecule has 9 heteroatoms. The van der Waals surface area contributed by atoms with E-state index in [1.807, 2.05) is 13.8 Å². The van der Waals surface area contributed by atoms with Crippen LogP contribution in [-0.4, -0.2) is 59.6 Å². The number of carbonyl (C=O) groups excluding carboxylic acids is 2. The van der Waals surface area contributed by atoms with E-state index in [9.17, 15) is 22.8 Å². The number of alkyl halides is 3. The Hall–Kier alpha value is -2.13. The van der Waals surface area contributed by atoms with E-state index in [0.717, 1.165) is 19.0 Å². The average Bonchev–Trinajstić information content (AvgIpc) is 3.31. The average molecular weight is 512 g/mol. The summed E-state index contributed by atoms with van der Waals surface area (Å²) in [5, 5.41) is 3.07. The van der Waals surface area contributed by atoms with E-state index in [0.29, 0.717) is 31.5 Å². The van der Waals surface area contributed by atoms with Crippen LogP contribution in [-0.2, 0) is 22.3 Å². The summed E-state index contributed by atoms with van der Waals surface area (Å²) >= 11 is 0. The van der Waals surface area contributed by atoms with Crippen molar-refractivity contribution in [3.8, 4) is 0 Å². The molecule has 0 aromatic heterocycles. The fourth-order valence-electron chi connectivity index (χ4n) is 5.56. The highest BCUT2D eigenvalue weighted by atomic mass is 19.4. The van der Waals surface area contributed by atoms with Crippen molar-refractivity contribution in [2.45, 2.75) is 84.3 Å². The van der Waals surface area contributed by atoms with Crippen LogP contribution in [0.25, 0.3) is 0 Å². The molecule has 0 bridgehead atoms. The first-order valence-electron chi connectivity index (χ1n) is 12.8. The van der Waals surface area contributed by atoms with Gasteiger partial charge in [0.2, 0.25) is 5.91 Å². The van der Waals surface area contributed by atoms with E-state index in [-0.39, 0.29) is 29.7 Å². The number of nitrogens with zero attached hydrogens (tertiary/aromatic N) is 2. The van der Waals surface area contributed by atoms with Gasteiger partial charge in [0.25, 0.3) is 0 Å². The van der Waals surface area contributed by atoms with E-state index in [4.69, 9.17) is 4.74 Å². The van der Waals surface area contributed by atoms with E-state index in [1.54, 1.807) is 33.9 Å². The largest absolute Gasteiger partial charge is 0.443 e. The maximum Gasteiger partial charge on any atom is 0.417 e. The number of benzene rings is 1. The fraction of sp³-hybridized carbons (Fsp3) is 0.704. The number of nitrogens with one attached hydrogen (secondary N) is 1. The molecule has 0 spiro atoms. The van der Waals surface area contributed by atoms with Crippen molar-refractivity contribution in [2.24, 2.45) is 17.8 Å². The van der Waals surface area contributed by atoms with Crippen LogP contribution in [0.5, 0.6) is 0 Å². The molecule has 0 radical (unpaired) electrons. The zero-order valence-corrected chi connectivity index (χ0v) is 22.2. The predicted octanol–water partition coefficient (Wildman–Crippen LogP) is 5.31. The van der Waals surface area contributed by atoms with Crippen LogP contribution in [0.2, 0.25) is 0 Å². The zero-order chi connectivity index (χ0) is 26.8. The van der Waals surface area contributed by atoms with Gasteiger partial charge in [-0.2, -0.15) is 13.2 Å². The highest BCUT2D eigenvalue weighted by molar-refractivity contribution is 5.95. The number of amides is 2. The lowest BCUT2D eigenvalue weighted by Gasteiger charge is -2.35. The lowest BCUT2D eigenvalue weighted by atomic mass is 9.95. The van der Waals surface area contributed by atoms with Crippen LogP contribution in [0.15, 0.2) is 24.3 Å². The maximum atomic E-state index is 13.7. The van der Waals surface area contributed by atoms with Gasteiger partial charge in [0, 0.05) is 25.7 Å². The number of likely N-dealkylation sites (tertiary alicyclic amines) is 1. The number of rotatable bonds is 7. The fourth-order valence-corrected chi connectivity index (χ4v) is 5.56. The number of likely N-dealkylation sites (N-methyl/N-ethyl adjacent to an activating group) is 1. The van der Waals surface area contributed by atoms with Crippen LogP contribution in [0.1, 0.15) is 65.0 Å². The summed E-state index contributed by atoms with van der Waals surface area (Å²) in [5.41, 5.74) is -0.790. The van der Waals surface area contributed by atoms with Crippen molar-refractivity contribution in [3.05, 3.63) is 35.4 Å². The second kappa shape index (κ2) is 11.1. The number of halogens is 3. The summed E-state index contributed by atoms with van der Waals surface area (Å²) in [5.74, 6) is 0.320. The van der Waals surface area contributed by atoms with Crippen molar-refractivity contribution in [1.82, 2.24) is 15.1 Å². The number of ether oxygens (including phenoxy) is 1. The van der Waals surface area contributed by atoms with E-state index in [2.05, 4.69) is 10.2 Å². The smallest absolute Gasteiger partial charge is 0.417 e. The summed E-state index contributed by atoms with van der Waals surface area (Å²) in [7, 11) is 1.72. The highest BCUT2D eigenvalue weighted by Gasteiger charge is 2.49. The first-order valence-corrected chi connectivity index (χ1v) is 12.8. The molecule has 0 unspecified atom stereocenters. The molecule has 2 aliphatic rings. The summed E-state index contributed by atoms with van der Waals surface area (Å²) in [6, 6.07) is 4.63. The third-order valence-corrected chi connectivity index (χ3v) is 7.07. The third-order valence-electron chi connectivity index (χ3n) is 7.07. The zero-order valence-electron chi connectivity index (χ0n) is 22.2. The molecule has 1 heterocycles. The third kappa shape index (κ3) is 7.00. The Kier molecular flexibility index (Phi) is 8.76. The molecule has 3 rings (SSSR count). The van der Waals surface area contributed by atoms with Gasteiger partial charge in [-0.3, -0.25) is 9.69 Å². The summed E-state index contributed by atoms with van der Waals surface area (Å²) in [4.78, 5) is 30.5. The van der Waals surface area contributed by atoms with Gasteiger partial charge in [-0.15, -0.1) is 0 Å². The Labute approximate surface area is 212 Å². The van der Waals surface area contributed by atoms with Crippen molar-refractivity contribution >= 4 is 12.0 Å². The Morgan fingerprint density at radius 2 is 1.86 bits per heavy atom. The molecule has 202 valence electrons. The minimum absolute atomic E-state index is 0.0591. The molecule has 1 aliphatic carbocycles. The molecule has 1 saturated carbocycles. The maximum absolute atomic E-state index is 13.7. The molecule has 4 atom stereocenters. The Bertz CT molecular complexity index is 929. The van der Waals surface area contributed by atoms with Crippen LogP contribution in [0.3, 0.4) is 0 Å². The summed E-state index contributed by atoms with van der Waals surface area (Å²) in [6.07, 6.45) is -2.85. The Morgan fingerprint density at radius 3 is 2.44 bits per heavy atom. The van der Waals surface area contributed by atoms with Crippen LogP contribution < -0.4 is 5.32 Å². The van der Waals surface area contributed by atoms with Gasteiger partial charge in [-0.05, 0) is 76.5 Å². The number of carbonyl (C=O) groups is 2. The van der Waals surface area contributed by atoms with Crippen molar-refractivity contribution in [2.75, 3.05) is 20.1 Å². The Morgan fingerprint density at radius 1 is 1.17 bits per heavy atom. The molecule has 1 N–H and O–H groups in total. The van der Waals surface area contributed by atoms with E-state index in [1.165, 1.54) is 17.0 Å². The van der Waals surface area contributed by atoms with E-state index < -0.39 is 29.5 Å². The van der Waals surface area contributed by atoms with Crippen molar-refractivity contribution in [1.29, 1.82) is 0 Å². The SMILES string of the molecule is CN[C@H](CC(C)C)C(=O)N(C(=O)OC(C)(C)C)[C@H]1CC[C@H]2CN(Cc3cccc(C(F)(F)F)c3)C[C@H]21. The van der Waals surface area contributed by atoms with Crippen molar-refractivity contribution in [3.63, 3.8) is 0 Å². The Balaban J connectivity index is 1.79. The second-order valence-electron chi connectivity index (χ2n) is 11.6. The number of hydrogen-bond donors (Lipinski definition) is 1. The molecule has 6 nitrogen and oxygen atoms in total. The second-order valence-corrected chi connectivity index (χ2v) is 11.6. The normalized spacial score (nSPS) is 23.6. The molecule has 2 amide bonds. The summed E-state index contributed by atoms with van der Waals surface area (Å²) < 4.78 is 45.1. The molecule has 1 saturated heterocycles. The van der Waals surface area contributed by atoms with Gasteiger partial charge in [-0.1, -0.05) is 32.0 Å². The number of hydrogen-bond acceptors (Lipinski definition) is 5. The molecule has 1 aliphatic heterocycles. The van der Waals surface area contributed by atoms with Crippen molar-refractivity contribution < 1.29 is 27.5 Å². The lowest BCUT2D eigenvalue weighted by Crippen LogP contribution is -2.55. The van der Waals surface area contributed by atoms with Gasteiger partial charge in [0.05, 0.1) is 11.6 Å². The minimum atomic E-state index is -4.38. The minimum Gasteiger partial charge on any atom is -0.443 e. The molecular formula is C27H40F3N3O3. The van der Waals surface area contributed by atoms with Crippen LogP contribution >= 0.6 is 0 Å². The van der Waals surface area contributed by atoms with Gasteiger partial charge in [0.1, 0.15) is 5.60 Å². The number of fused-ring (bicyclic) bond motifs is 1. The van der Waals surface area contributed by atoms with E-state index >= 15 is 0 Å². The standard InChI is InChI=1S/C27H40F3N3O3/c1-17(2)12-22(31-6)24(34)33(25(35)36-26(3,4)5)23-11-10-19-15-32(16-21(19)23)14-18-8-7-9-20(13-18)27(28,29)30/h7-9,13,17,19,21-23,31H,10-12,14-16H2,1-6H3/t19-,21+,22+,23-/m0/s1. The highest BCUT2D eigenvalue weighted by Crippen LogP contribution is 2.42. The topological polar surface area (TPSA) is 61.9 Å². The lowest BCUT2D eigenvalue weighted by molar-refractivity contribution is -0.138. The number of imide groups is 1. The van der Waals surface area contributed by atoms with Gasteiger partial charge >= 0.3 is 12.3 Å². The quantitative estimate of drug-likeness (QED) is 0.537. The predicted molar refractivity (Wildman–Crippen MR) is 132 cm³/mol. The van der Waals surface area contributed by atoms with Gasteiger partial charge < -0.3 is 10.1 Å². The van der Waals surface area contributed by atoms with Crippen LogP contribution in [0, 0.1) is 17.8 Å². The summed E-state index contributed by atoms with van der Waals surface area (Å²) in [6.45, 7) is 11.1. The first-order chi connectivity index (χ1) is 16.7. The molecular weight excluding hydrogens is 471 g/mol. The monoisotopic (exact) mass is 511 g/mol.